The van der Waals surface area contributed by atoms with Crippen LogP contribution in [0.1, 0.15) is 69.4 Å². The SMILES string of the molecule is O=C(c1ccccc1)C1CCN(CC(C(=O)C(CN2CCC(C(=O)c3ccccc3)CC2)c2ccccc2)c2ccccc2)CC1. The summed E-state index contributed by atoms with van der Waals surface area (Å²) in [7, 11) is 0. The highest BCUT2D eigenvalue weighted by atomic mass is 16.1. The molecule has 6 rings (SSSR count). The molecule has 4 aromatic carbocycles. The summed E-state index contributed by atoms with van der Waals surface area (Å²) >= 11 is 0. The maximum atomic E-state index is 14.7. The van der Waals surface area contributed by atoms with Crippen molar-refractivity contribution in [2.75, 3.05) is 39.3 Å². The fourth-order valence-electron chi connectivity index (χ4n) is 7.28. The lowest BCUT2D eigenvalue weighted by Gasteiger charge is -2.36. The quantitative estimate of drug-likeness (QED) is 0.157. The Morgan fingerprint density at radius 3 is 1.11 bits per heavy atom. The number of piperidine rings is 2. The number of hydrogen-bond donors (Lipinski definition) is 0. The van der Waals surface area contributed by atoms with Crippen molar-refractivity contribution >= 4 is 17.3 Å². The molecule has 0 amide bonds. The van der Waals surface area contributed by atoms with Gasteiger partial charge in [-0.25, -0.2) is 0 Å². The van der Waals surface area contributed by atoms with Crippen molar-refractivity contribution in [3.63, 3.8) is 0 Å². The lowest BCUT2D eigenvalue weighted by atomic mass is 9.81. The van der Waals surface area contributed by atoms with Gasteiger partial charge in [-0.2, -0.15) is 0 Å². The number of carbonyl (C=O) groups is 3. The lowest BCUT2D eigenvalue weighted by molar-refractivity contribution is -0.123. The highest BCUT2D eigenvalue weighted by Gasteiger charge is 2.35. The summed E-state index contributed by atoms with van der Waals surface area (Å²) in [4.78, 5) is 45.8. The summed E-state index contributed by atoms with van der Waals surface area (Å²) in [5.74, 6) is 0.206. The molecule has 2 fully saturated rings. The van der Waals surface area contributed by atoms with Crippen molar-refractivity contribution in [3.05, 3.63) is 144 Å². The van der Waals surface area contributed by atoms with Gasteiger partial charge in [-0.3, -0.25) is 14.4 Å². The van der Waals surface area contributed by atoms with Crippen LogP contribution >= 0.6 is 0 Å². The van der Waals surface area contributed by atoms with Crippen LogP contribution in [0.15, 0.2) is 121 Å². The van der Waals surface area contributed by atoms with Crippen LogP contribution in [0.2, 0.25) is 0 Å². The van der Waals surface area contributed by atoms with E-state index in [4.69, 9.17) is 0 Å². The molecule has 2 unspecified atom stereocenters. The molecule has 5 nitrogen and oxygen atoms in total. The second-order valence-electron chi connectivity index (χ2n) is 12.9. The molecule has 5 heteroatoms. The van der Waals surface area contributed by atoms with Crippen LogP contribution in [0.3, 0.4) is 0 Å². The molecule has 0 bridgehead atoms. The van der Waals surface area contributed by atoms with Crippen LogP contribution in [0.25, 0.3) is 0 Å². The van der Waals surface area contributed by atoms with Gasteiger partial charge >= 0.3 is 0 Å². The van der Waals surface area contributed by atoms with Crippen LogP contribution in [-0.4, -0.2) is 66.4 Å². The monoisotopic (exact) mass is 612 g/mol. The van der Waals surface area contributed by atoms with Crippen molar-refractivity contribution < 1.29 is 14.4 Å². The van der Waals surface area contributed by atoms with Gasteiger partial charge < -0.3 is 9.80 Å². The first kappa shape index (κ1) is 31.8. The number of nitrogens with zero attached hydrogens (tertiary/aromatic N) is 2. The van der Waals surface area contributed by atoms with E-state index in [2.05, 4.69) is 34.1 Å². The Morgan fingerprint density at radius 2 is 0.783 bits per heavy atom. The van der Waals surface area contributed by atoms with Gasteiger partial charge in [0.1, 0.15) is 5.78 Å². The first-order valence-corrected chi connectivity index (χ1v) is 16.8. The molecule has 0 aromatic heterocycles. The predicted octanol–water partition coefficient (Wildman–Crippen LogP) is 7.31. The van der Waals surface area contributed by atoms with Crippen LogP contribution < -0.4 is 0 Å². The van der Waals surface area contributed by atoms with E-state index in [1.54, 1.807) is 0 Å². The Balaban J connectivity index is 1.15. The van der Waals surface area contributed by atoms with Crippen molar-refractivity contribution in [2.45, 2.75) is 37.5 Å². The van der Waals surface area contributed by atoms with Gasteiger partial charge in [-0.1, -0.05) is 121 Å². The third-order valence-corrected chi connectivity index (χ3v) is 10.0. The highest BCUT2D eigenvalue weighted by Crippen LogP contribution is 2.32. The number of likely N-dealkylation sites (tertiary alicyclic amines) is 2. The molecule has 0 radical (unpaired) electrons. The van der Waals surface area contributed by atoms with E-state index in [0.717, 1.165) is 74.1 Å². The molecule has 2 aliphatic rings. The summed E-state index contributed by atoms with van der Waals surface area (Å²) in [6.07, 6.45) is 3.23. The molecule has 0 saturated carbocycles. The smallest absolute Gasteiger partial charge is 0.166 e. The number of benzene rings is 4. The first-order valence-electron chi connectivity index (χ1n) is 16.8. The average molecular weight is 613 g/mol. The van der Waals surface area contributed by atoms with E-state index < -0.39 is 0 Å². The molecule has 2 aliphatic heterocycles. The van der Waals surface area contributed by atoms with Crippen molar-refractivity contribution in [1.82, 2.24) is 9.80 Å². The van der Waals surface area contributed by atoms with Gasteiger partial charge in [-0.05, 0) is 63.0 Å². The lowest BCUT2D eigenvalue weighted by Crippen LogP contribution is -2.43. The maximum Gasteiger partial charge on any atom is 0.166 e. The van der Waals surface area contributed by atoms with Gasteiger partial charge in [0, 0.05) is 36.1 Å². The fourth-order valence-corrected chi connectivity index (χ4v) is 7.28. The molecule has 0 N–H and O–H groups in total. The highest BCUT2D eigenvalue weighted by molar-refractivity contribution is 5.98. The third-order valence-electron chi connectivity index (χ3n) is 10.0. The van der Waals surface area contributed by atoms with Gasteiger partial charge in [0.25, 0.3) is 0 Å². The second-order valence-corrected chi connectivity index (χ2v) is 12.9. The molecule has 46 heavy (non-hydrogen) atoms. The van der Waals surface area contributed by atoms with E-state index in [0.29, 0.717) is 13.1 Å². The summed E-state index contributed by atoms with van der Waals surface area (Å²) in [5, 5.41) is 0. The normalized spacial score (nSPS) is 18.1. The minimum Gasteiger partial charge on any atom is -0.302 e. The summed E-state index contributed by atoms with van der Waals surface area (Å²) in [6, 6.07) is 39.6. The van der Waals surface area contributed by atoms with Crippen molar-refractivity contribution in [3.8, 4) is 0 Å². The minimum atomic E-state index is -0.273. The first-order chi connectivity index (χ1) is 22.6. The van der Waals surface area contributed by atoms with E-state index in [1.165, 1.54) is 0 Å². The average Bonchev–Trinajstić information content (AvgIpc) is 3.14. The molecule has 236 valence electrons. The summed E-state index contributed by atoms with van der Waals surface area (Å²) in [6.45, 7) is 4.51. The van der Waals surface area contributed by atoms with Crippen LogP contribution in [-0.2, 0) is 4.79 Å². The molecule has 2 atom stereocenters. The van der Waals surface area contributed by atoms with Gasteiger partial charge in [-0.15, -0.1) is 0 Å². The van der Waals surface area contributed by atoms with Crippen LogP contribution in [0.4, 0.5) is 0 Å². The number of rotatable bonds is 12. The molecule has 4 aromatic rings. The van der Waals surface area contributed by atoms with E-state index in [9.17, 15) is 14.4 Å². The number of carbonyl (C=O) groups excluding carboxylic acids is 3. The molecule has 2 saturated heterocycles. The summed E-state index contributed by atoms with van der Waals surface area (Å²) in [5.41, 5.74) is 3.67. The van der Waals surface area contributed by atoms with E-state index >= 15 is 0 Å². The second kappa shape index (κ2) is 15.4. The zero-order chi connectivity index (χ0) is 31.7. The van der Waals surface area contributed by atoms with Crippen LogP contribution in [0, 0.1) is 11.8 Å². The topological polar surface area (TPSA) is 57.7 Å². The number of ketones is 3. The predicted molar refractivity (Wildman–Crippen MR) is 183 cm³/mol. The Kier molecular flexibility index (Phi) is 10.6. The third kappa shape index (κ3) is 7.78. The molecule has 2 heterocycles. The van der Waals surface area contributed by atoms with Gasteiger partial charge in [0.2, 0.25) is 0 Å². The maximum absolute atomic E-state index is 14.7. The molecule has 0 aliphatic carbocycles. The Hall–Kier alpha value is -4.19. The van der Waals surface area contributed by atoms with E-state index in [-0.39, 0.29) is 41.0 Å². The Morgan fingerprint density at radius 1 is 0.478 bits per heavy atom. The zero-order valence-corrected chi connectivity index (χ0v) is 26.5. The Bertz CT molecular complexity index is 1440. The zero-order valence-electron chi connectivity index (χ0n) is 26.5. The van der Waals surface area contributed by atoms with Crippen LogP contribution in [0.5, 0.6) is 0 Å². The number of hydrogen-bond acceptors (Lipinski definition) is 5. The van der Waals surface area contributed by atoms with Gasteiger partial charge in [0.15, 0.2) is 11.6 Å². The van der Waals surface area contributed by atoms with Crippen molar-refractivity contribution in [1.29, 1.82) is 0 Å². The molecule has 0 spiro atoms. The van der Waals surface area contributed by atoms with Gasteiger partial charge in [0.05, 0.1) is 11.8 Å². The number of Topliss-reactive ketones (excluding diaryl/α,β-unsaturated/α-hetero) is 3. The Labute approximate surface area is 273 Å². The molecular formula is C41H44N2O3. The summed E-state index contributed by atoms with van der Waals surface area (Å²) < 4.78 is 0. The standard InChI is InChI=1S/C41H44N2O3/c44-39(33-17-9-3-10-18-33)35-21-25-42(26-22-35)29-37(31-13-5-1-6-14-31)41(46)38(32-15-7-2-8-16-32)30-43-27-23-36(24-28-43)40(45)34-19-11-4-12-20-34/h1-20,35-38H,21-30H2. The van der Waals surface area contributed by atoms with Crippen molar-refractivity contribution in [2.24, 2.45) is 11.8 Å². The fraction of sp³-hybridized carbons (Fsp3) is 0.341. The molecular weight excluding hydrogens is 568 g/mol. The largest absolute Gasteiger partial charge is 0.302 e. The minimum absolute atomic E-state index is 0.0262. The van der Waals surface area contributed by atoms with E-state index in [1.807, 2.05) is 97.1 Å².